The molecule has 1 saturated heterocycles. The first-order chi connectivity index (χ1) is 8.38. The number of ether oxygens (including phenoxy) is 2. The summed E-state index contributed by atoms with van der Waals surface area (Å²) in [6.07, 6.45) is 4.94. The van der Waals surface area contributed by atoms with Crippen molar-refractivity contribution in [3.05, 3.63) is 23.3 Å². The number of hydrogen-bond donors (Lipinski definition) is 1. The van der Waals surface area contributed by atoms with E-state index in [0.717, 1.165) is 37.4 Å². The van der Waals surface area contributed by atoms with Crippen molar-refractivity contribution in [3.8, 4) is 11.5 Å². The molecule has 3 nitrogen and oxygen atoms in total. The summed E-state index contributed by atoms with van der Waals surface area (Å²) in [4.78, 5) is 0. The molecular formula is C14H19NO2. The van der Waals surface area contributed by atoms with Gasteiger partial charge in [-0.2, -0.15) is 0 Å². The van der Waals surface area contributed by atoms with Gasteiger partial charge in [0.1, 0.15) is 6.10 Å². The highest BCUT2D eigenvalue weighted by atomic mass is 16.5. The fourth-order valence-electron chi connectivity index (χ4n) is 2.80. The Balaban J connectivity index is 1.92. The number of fused-ring (bicyclic) bond motifs is 1. The fourth-order valence-corrected chi connectivity index (χ4v) is 2.80. The third-order valence-corrected chi connectivity index (χ3v) is 3.71. The van der Waals surface area contributed by atoms with Gasteiger partial charge in [-0.1, -0.05) is 6.07 Å². The Morgan fingerprint density at radius 1 is 1.29 bits per heavy atom. The van der Waals surface area contributed by atoms with Gasteiger partial charge in [0.2, 0.25) is 0 Å². The minimum absolute atomic E-state index is 0.302. The first-order valence-electron chi connectivity index (χ1n) is 6.44. The standard InChI is InChI=1S/C14H19NO2/c1-16-13-6-5-10-3-2-4-12(10)14(13)17-11-7-8-15-9-11/h5-6,11,15H,2-4,7-9H2,1H3/t11-/m1/s1. The van der Waals surface area contributed by atoms with Gasteiger partial charge in [0.15, 0.2) is 11.5 Å². The van der Waals surface area contributed by atoms with E-state index in [4.69, 9.17) is 9.47 Å². The third kappa shape index (κ3) is 2.00. The first kappa shape index (κ1) is 10.9. The van der Waals surface area contributed by atoms with Crippen LogP contribution in [0.1, 0.15) is 24.0 Å². The molecule has 92 valence electrons. The molecule has 3 rings (SSSR count). The van der Waals surface area contributed by atoms with Crippen LogP contribution in [-0.4, -0.2) is 26.3 Å². The molecular weight excluding hydrogens is 214 g/mol. The smallest absolute Gasteiger partial charge is 0.165 e. The van der Waals surface area contributed by atoms with E-state index in [1.54, 1.807) is 7.11 Å². The van der Waals surface area contributed by atoms with Gasteiger partial charge in [-0.25, -0.2) is 0 Å². The first-order valence-corrected chi connectivity index (χ1v) is 6.44. The van der Waals surface area contributed by atoms with E-state index in [-0.39, 0.29) is 0 Å². The molecule has 1 N–H and O–H groups in total. The van der Waals surface area contributed by atoms with E-state index >= 15 is 0 Å². The van der Waals surface area contributed by atoms with Gasteiger partial charge in [0.05, 0.1) is 7.11 Å². The van der Waals surface area contributed by atoms with Crippen LogP contribution in [0.2, 0.25) is 0 Å². The van der Waals surface area contributed by atoms with Gasteiger partial charge in [-0.15, -0.1) is 0 Å². The molecule has 0 aromatic heterocycles. The number of rotatable bonds is 3. The topological polar surface area (TPSA) is 30.5 Å². The van der Waals surface area contributed by atoms with Crippen molar-refractivity contribution in [3.63, 3.8) is 0 Å². The average Bonchev–Trinajstić information content (AvgIpc) is 2.99. The summed E-state index contributed by atoms with van der Waals surface area (Å²) < 4.78 is 11.6. The van der Waals surface area contributed by atoms with Crippen molar-refractivity contribution < 1.29 is 9.47 Å². The number of benzene rings is 1. The van der Waals surface area contributed by atoms with Gasteiger partial charge >= 0.3 is 0 Å². The fraction of sp³-hybridized carbons (Fsp3) is 0.571. The van der Waals surface area contributed by atoms with Crippen LogP contribution >= 0.6 is 0 Å². The summed E-state index contributed by atoms with van der Waals surface area (Å²) in [5.41, 5.74) is 2.81. The zero-order valence-electron chi connectivity index (χ0n) is 10.3. The van der Waals surface area contributed by atoms with Gasteiger partial charge in [0.25, 0.3) is 0 Å². The normalized spacial score (nSPS) is 22.5. The lowest BCUT2D eigenvalue weighted by Crippen LogP contribution is -2.20. The maximum Gasteiger partial charge on any atom is 0.165 e. The average molecular weight is 233 g/mol. The zero-order chi connectivity index (χ0) is 11.7. The molecule has 1 aliphatic carbocycles. The summed E-state index contributed by atoms with van der Waals surface area (Å²) in [5, 5.41) is 3.33. The summed E-state index contributed by atoms with van der Waals surface area (Å²) in [6, 6.07) is 4.22. The number of aryl methyl sites for hydroxylation is 1. The van der Waals surface area contributed by atoms with Crippen LogP contribution in [0.5, 0.6) is 11.5 Å². The molecule has 3 heteroatoms. The highest BCUT2D eigenvalue weighted by Gasteiger charge is 2.23. The van der Waals surface area contributed by atoms with Crippen LogP contribution in [0.15, 0.2) is 12.1 Å². The van der Waals surface area contributed by atoms with Gasteiger partial charge in [-0.05, 0) is 43.9 Å². The van der Waals surface area contributed by atoms with Crippen LogP contribution in [0.4, 0.5) is 0 Å². The van der Waals surface area contributed by atoms with Crippen molar-refractivity contribution >= 4 is 0 Å². The Kier molecular flexibility index (Phi) is 2.93. The molecule has 1 aromatic rings. The lowest BCUT2D eigenvalue weighted by atomic mass is 10.1. The molecule has 0 radical (unpaired) electrons. The van der Waals surface area contributed by atoms with Crippen molar-refractivity contribution in [1.82, 2.24) is 5.32 Å². The Hall–Kier alpha value is -1.22. The second-order valence-corrected chi connectivity index (χ2v) is 4.82. The van der Waals surface area contributed by atoms with Gasteiger partial charge < -0.3 is 14.8 Å². The van der Waals surface area contributed by atoms with Crippen molar-refractivity contribution in [2.45, 2.75) is 31.8 Å². The molecule has 1 heterocycles. The number of nitrogens with one attached hydrogen (secondary N) is 1. The van der Waals surface area contributed by atoms with Crippen LogP contribution in [0.3, 0.4) is 0 Å². The maximum atomic E-state index is 6.15. The quantitative estimate of drug-likeness (QED) is 0.865. The predicted molar refractivity (Wildman–Crippen MR) is 66.9 cm³/mol. The molecule has 0 spiro atoms. The van der Waals surface area contributed by atoms with Crippen LogP contribution in [0.25, 0.3) is 0 Å². The molecule has 1 aliphatic heterocycles. The molecule has 0 unspecified atom stereocenters. The molecule has 0 amide bonds. The Morgan fingerprint density at radius 2 is 2.24 bits per heavy atom. The molecule has 1 atom stereocenters. The van der Waals surface area contributed by atoms with Crippen molar-refractivity contribution in [2.75, 3.05) is 20.2 Å². The second-order valence-electron chi connectivity index (χ2n) is 4.82. The Morgan fingerprint density at radius 3 is 3.00 bits per heavy atom. The SMILES string of the molecule is COc1ccc2c(c1O[C@@H]1CCNC1)CCC2. The largest absolute Gasteiger partial charge is 0.493 e. The monoisotopic (exact) mass is 233 g/mol. The number of methoxy groups -OCH3 is 1. The van der Waals surface area contributed by atoms with Crippen molar-refractivity contribution in [2.24, 2.45) is 0 Å². The molecule has 2 aliphatic rings. The molecule has 1 aromatic carbocycles. The van der Waals surface area contributed by atoms with E-state index in [1.807, 2.05) is 6.07 Å². The zero-order valence-corrected chi connectivity index (χ0v) is 10.3. The highest BCUT2D eigenvalue weighted by Crippen LogP contribution is 2.39. The summed E-state index contributed by atoms with van der Waals surface area (Å²) in [6.45, 7) is 2.01. The second kappa shape index (κ2) is 4.57. The van der Waals surface area contributed by atoms with Crippen LogP contribution < -0.4 is 14.8 Å². The summed E-state index contributed by atoms with van der Waals surface area (Å²) in [5.74, 6) is 1.88. The third-order valence-electron chi connectivity index (χ3n) is 3.71. The maximum absolute atomic E-state index is 6.15. The minimum atomic E-state index is 0.302. The number of hydrogen-bond acceptors (Lipinski definition) is 3. The van der Waals surface area contributed by atoms with E-state index in [0.29, 0.717) is 6.10 Å². The Labute approximate surface area is 102 Å². The van der Waals surface area contributed by atoms with Gasteiger partial charge in [0, 0.05) is 12.1 Å². The lowest BCUT2D eigenvalue weighted by molar-refractivity contribution is 0.210. The minimum Gasteiger partial charge on any atom is -0.493 e. The van der Waals surface area contributed by atoms with E-state index in [2.05, 4.69) is 11.4 Å². The molecule has 17 heavy (non-hydrogen) atoms. The van der Waals surface area contributed by atoms with Crippen LogP contribution in [-0.2, 0) is 12.8 Å². The summed E-state index contributed by atoms with van der Waals surface area (Å²) >= 11 is 0. The van der Waals surface area contributed by atoms with Crippen LogP contribution in [0, 0.1) is 0 Å². The Bertz CT molecular complexity index is 411. The van der Waals surface area contributed by atoms with E-state index < -0.39 is 0 Å². The lowest BCUT2D eigenvalue weighted by Gasteiger charge is -2.18. The molecule has 1 fully saturated rings. The van der Waals surface area contributed by atoms with Gasteiger partial charge in [-0.3, -0.25) is 0 Å². The highest BCUT2D eigenvalue weighted by molar-refractivity contribution is 5.52. The van der Waals surface area contributed by atoms with E-state index in [9.17, 15) is 0 Å². The van der Waals surface area contributed by atoms with E-state index in [1.165, 1.54) is 24.0 Å². The summed E-state index contributed by atoms with van der Waals surface area (Å²) in [7, 11) is 1.72. The molecule has 0 bridgehead atoms. The predicted octanol–water partition coefficient (Wildman–Crippen LogP) is 1.92. The molecule has 0 saturated carbocycles. The van der Waals surface area contributed by atoms with Crippen molar-refractivity contribution in [1.29, 1.82) is 0 Å².